The minimum Gasteiger partial charge on any atom is -0.394 e. The van der Waals surface area contributed by atoms with Crippen molar-refractivity contribution in [3.05, 3.63) is 36.5 Å². The summed E-state index contributed by atoms with van der Waals surface area (Å²) in [5, 5.41) is 64.7. The quantitative estimate of drug-likeness (QED) is 0.0233. The van der Waals surface area contributed by atoms with Crippen LogP contribution < -0.4 is 5.32 Å². The maximum absolute atomic E-state index is 13.1. The second kappa shape index (κ2) is 41.1. The van der Waals surface area contributed by atoms with Gasteiger partial charge in [0.25, 0.3) is 0 Å². The van der Waals surface area contributed by atoms with E-state index in [1.807, 2.05) is 6.08 Å². The number of carbonyl (C=O) groups is 1. The molecule has 0 saturated carbocycles. The van der Waals surface area contributed by atoms with E-state index in [0.717, 1.165) is 32.1 Å². The third-order valence-corrected chi connectivity index (χ3v) is 12.0. The molecular formula is C51H95NO9. The van der Waals surface area contributed by atoms with Crippen LogP contribution in [0.4, 0.5) is 0 Å². The van der Waals surface area contributed by atoms with Gasteiger partial charge in [0.1, 0.15) is 30.5 Å². The van der Waals surface area contributed by atoms with E-state index in [4.69, 9.17) is 9.47 Å². The molecule has 358 valence electrons. The highest BCUT2D eigenvalue weighted by Gasteiger charge is 2.44. The third kappa shape index (κ3) is 31.0. The Hall–Kier alpha value is -1.63. The summed E-state index contributed by atoms with van der Waals surface area (Å²) in [5.41, 5.74) is 0. The molecule has 0 aliphatic carbocycles. The summed E-state index contributed by atoms with van der Waals surface area (Å²) in [6.45, 7) is 3.58. The number of amides is 1. The molecule has 10 heteroatoms. The molecule has 0 aromatic carbocycles. The Bertz CT molecular complexity index is 1070. The van der Waals surface area contributed by atoms with E-state index in [1.165, 1.54) is 154 Å². The van der Waals surface area contributed by atoms with Gasteiger partial charge in [0.2, 0.25) is 5.91 Å². The number of carbonyl (C=O) groups excluding carboxylic acids is 1. The van der Waals surface area contributed by atoms with E-state index in [9.17, 15) is 35.4 Å². The summed E-state index contributed by atoms with van der Waals surface area (Å²) in [6.07, 6.45) is 41.0. The first-order chi connectivity index (χ1) is 29.8. The zero-order chi connectivity index (χ0) is 44.6. The summed E-state index contributed by atoms with van der Waals surface area (Å²) >= 11 is 0. The van der Waals surface area contributed by atoms with E-state index in [1.54, 1.807) is 6.08 Å². The number of ether oxygens (including phenoxy) is 2. The Morgan fingerprint density at radius 1 is 0.557 bits per heavy atom. The van der Waals surface area contributed by atoms with Gasteiger partial charge in [-0.2, -0.15) is 0 Å². The van der Waals surface area contributed by atoms with Crippen LogP contribution in [0.5, 0.6) is 0 Å². The molecule has 8 unspecified atom stereocenters. The predicted molar refractivity (Wildman–Crippen MR) is 250 cm³/mol. The lowest BCUT2D eigenvalue weighted by Gasteiger charge is -2.40. The van der Waals surface area contributed by atoms with Crippen LogP contribution in [-0.2, 0) is 14.3 Å². The summed E-state index contributed by atoms with van der Waals surface area (Å²) < 4.78 is 11.1. The monoisotopic (exact) mass is 866 g/mol. The van der Waals surface area contributed by atoms with Crippen LogP contribution in [0.2, 0.25) is 0 Å². The Morgan fingerprint density at radius 2 is 0.967 bits per heavy atom. The van der Waals surface area contributed by atoms with Crippen LogP contribution >= 0.6 is 0 Å². The molecule has 1 amide bonds. The molecule has 0 spiro atoms. The zero-order valence-electron chi connectivity index (χ0n) is 39.0. The van der Waals surface area contributed by atoms with E-state index in [2.05, 4.69) is 43.5 Å². The van der Waals surface area contributed by atoms with Crippen molar-refractivity contribution in [2.24, 2.45) is 0 Å². The number of unbranched alkanes of at least 4 members (excludes halogenated alkanes) is 27. The summed E-state index contributed by atoms with van der Waals surface area (Å²) in [5.74, 6) is -0.629. The predicted octanol–water partition coefficient (Wildman–Crippen LogP) is 10.2. The molecule has 1 heterocycles. The van der Waals surface area contributed by atoms with Gasteiger partial charge < -0.3 is 45.4 Å². The fourth-order valence-electron chi connectivity index (χ4n) is 7.88. The molecule has 1 fully saturated rings. The number of hydrogen-bond donors (Lipinski definition) is 7. The second-order valence-corrected chi connectivity index (χ2v) is 17.7. The highest BCUT2D eigenvalue weighted by atomic mass is 16.7. The highest BCUT2D eigenvalue weighted by molar-refractivity contribution is 5.80. The number of hydrogen-bond acceptors (Lipinski definition) is 9. The van der Waals surface area contributed by atoms with Gasteiger partial charge in [0, 0.05) is 0 Å². The Labute approximate surface area is 373 Å². The first-order valence-corrected chi connectivity index (χ1v) is 25.3. The third-order valence-electron chi connectivity index (χ3n) is 12.0. The SMILES string of the molecule is CCCCCCCC/C=C/CC/C=C/C(O)C(COC1OC(CO)C(O)C(O)C1O)NC(=O)C(O)CCCCCCCCCC/C=C\CCCCCCCCCCCCCC. The molecule has 10 nitrogen and oxygen atoms in total. The van der Waals surface area contributed by atoms with E-state index in [-0.39, 0.29) is 6.61 Å². The van der Waals surface area contributed by atoms with Gasteiger partial charge in [-0.3, -0.25) is 4.79 Å². The lowest BCUT2D eigenvalue weighted by Crippen LogP contribution is -2.60. The minimum absolute atomic E-state index is 0.300. The Morgan fingerprint density at radius 3 is 1.43 bits per heavy atom. The molecule has 0 radical (unpaired) electrons. The number of aliphatic hydroxyl groups excluding tert-OH is 6. The number of nitrogens with one attached hydrogen (secondary N) is 1. The van der Waals surface area contributed by atoms with Crippen LogP contribution in [-0.4, -0.2) is 98.7 Å². The van der Waals surface area contributed by atoms with Crippen molar-refractivity contribution in [1.29, 1.82) is 0 Å². The molecule has 61 heavy (non-hydrogen) atoms. The normalized spacial score (nSPS) is 21.2. The van der Waals surface area contributed by atoms with Crippen molar-refractivity contribution in [2.75, 3.05) is 13.2 Å². The van der Waals surface area contributed by atoms with Gasteiger partial charge in [0.15, 0.2) is 6.29 Å². The van der Waals surface area contributed by atoms with E-state index >= 15 is 0 Å². The molecule has 1 aliphatic heterocycles. The summed E-state index contributed by atoms with van der Waals surface area (Å²) in [7, 11) is 0. The van der Waals surface area contributed by atoms with Crippen molar-refractivity contribution in [3.63, 3.8) is 0 Å². The highest BCUT2D eigenvalue weighted by Crippen LogP contribution is 2.23. The van der Waals surface area contributed by atoms with Gasteiger partial charge in [-0.15, -0.1) is 0 Å². The van der Waals surface area contributed by atoms with Crippen molar-refractivity contribution < 1.29 is 44.9 Å². The molecular weight excluding hydrogens is 771 g/mol. The standard InChI is InChI=1S/C51H95NO9/c1-3-5-7-9-11-13-15-17-18-19-20-21-22-23-24-25-26-27-28-30-32-34-36-38-40-45(55)50(59)52-43(42-60-51-49(58)48(57)47(56)46(41-53)61-51)44(54)39-37-35-33-31-29-16-14-12-10-8-6-4-2/h23-24,29,31,37,39,43-49,51,53-58H,3-22,25-28,30,32-36,38,40-42H2,1-2H3,(H,52,59)/b24-23-,31-29+,39-37+. The maximum Gasteiger partial charge on any atom is 0.249 e. The van der Waals surface area contributed by atoms with E-state index < -0.39 is 61.5 Å². The fourth-order valence-corrected chi connectivity index (χ4v) is 7.88. The first kappa shape index (κ1) is 57.4. The first-order valence-electron chi connectivity index (χ1n) is 25.3. The van der Waals surface area contributed by atoms with E-state index in [0.29, 0.717) is 19.3 Å². The Balaban J connectivity index is 2.30. The van der Waals surface area contributed by atoms with Gasteiger partial charge in [0.05, 0.1) is 25.4 Å². The topological polar surface area (TPSA) is 169 Å². The fraction of sp³-hybridized carbons (Fsp3) is 0.863. The van der Waals surface area contributed by atoms with Crippen LogP contribution in [0.15, 0.2) is 36.5 Å². The van der Waals surface area contributed by atoms with Gasteiger partial charge in [-0.25, -0.2) is 0 Å². The molecule has 0 aromatic heterocycles. The molecule has 8 atom stereocenters. The van der Waals surface area contributed by atoms with Crippen molar-refractivity contribution in [3.8, 4) is 0 Å². The molecule has 1 aliphatic rings. The Kier molecular flexibility index (Phi) is 38.7. The second-order valence-electron chi connectivity index (χ2n) is 17.7. The van der Waals surface area contributed by atoms with Gasteiger partial charge >= 0.3 is 0 Å². The van der Waals surface area contributed by atoms with Gasteiger partial charge in [-0.05, 0) is 57.8 Å². The molecule has 1 saturated heterocycles. The van der Waals surface area contributed by atoms with Crippen LogP contribution in [0.25, 0.3) is 0 Å². The summed E-state index contributed by atoms with van der Waals surface area (Å²) in [6, 6.07) is -0.997. The van der Waals surface area contributed by atoms with Crippen LogP contribution in [0, 0.1) is 0 Å². The smallest absolute Gasteiger partial charge is 0.249 e. The number of rotatable bonds is 42. The number of allylic oxidation sites excluding steroid dienone is 5. The van der Waals surface area contributed by atoms with Crippen molar-refractivity contribution in [2.45, 2.75) is 268 Å². The van der Waals surface area contributed by atoms with Crippen LogP contribution in [0.3, 0.4) is 0 Å². The molecule has 0 bridgehead atoms. The molecule has 1 rings (SSSR count). The average Bonchev–Trinajstić information content (AvgIpc) is 3.26. The summed E-state index contributed by atoms with van der Waals surface area (Å²) in [4.78, 5) is 13.1. The van der Waals surface area contributed by atoms with Crippen LogP contribution in [0.1, 0.15) is 219 Å². The molecule has 0 aromatic rings. The van der Waals surface area contributed by atoms with Crippen molar-refractivity contribution >= 4 is 5.91 Å². The maximum atomic E-state index is 13.1. The average molecular weight is 866 g/mol. The van der Waals surface area contributed by atoms with Crippen molar-refractivity contribution in [1.82, 2.24) is 5.32 Å². The lowest BCUT2D eigenvalue weighted by molar-refractivity contribution is -0.302. The lowest BCUT2D eigenvalue weighted by atomic mass is 9.99. The molecule has 7 N–H and O–H groups in total. The largest absolute Gasteiger partial charge is 0.394 e. The van der Waals surface area contributed by atoms with Gasteiger partial charge in [-0.1, -0.05) is 198 Å². The zero-order valence-corrected chi connectivity index (χ0v) is 39.0. The number of aliphatic hydroxyl groups is 6. The minimum atomic E-state index is -1.62.